The van der Waals surface area contributed by atoms with Gasteiger partial charge >= 0.3 is 6.18 Å². The van der Waals surface area contributed by atoms with Gasteiger partial charge in [-0.15, -0.1) is 0 Å². The maximum atomic E-state index is 13.0. The zero-order valence-electron chi connectivity index (χ0n) is 17.1. The fourth-order valence-electron chi connectivity index (χ4n) is 3.65. The molecular weight excluding hydrogens is 421 g/mol. The Morgan fingerprint density at radius 1 is 0.906 bits per heavy atom. The third-order valence-corrected chi connectivity index (χ3v) is 5.39. The van der Waals surface area contributed by atoms with Gasteiger partial charge in [0.1, 0.15) is 6.54 Å². The molecule has 2 aromatic carbocycles. The Bertz CT molecular complexity index is 1150. The molecule has 1 fully saturated rings. The van der Waals surface area contributed by atoms with E-state index in [1.54, 1.807) is 17.0 Å². The molecular formula is C23H21F3N4O2. The first-order chi connectivity index (χ1) is 15.3. The molecule has 0 unspecified atom stereocenters. The average molecular weight is 442 g/mol. The summed E-state index contributed by atoms with van der Waals surface area (Å²) in [4.78, 5) is 28.4. The van der Waals surface area contributed by atoms with E-state index in [0.717, 1.165) is 22.4 Å². The van der Waals surface area contributed by atoms with Gasteiger partial charge in [-0.25, -0.2) is 4.68 Å². The fourth-order valence-corrected chi connectivity index (χ4v) is 3.65. The summed E-state index contributed by atoms with van der Waals surface area (Å²) >= 11 is 0. The van der Waals surface area contributed by atoms with Gasteiger partial charge < -0.3 is 9.80 Å². The van der Waals surface area contributed by atoms with Gasteiger partial charge in [-0.1, -0.05) is 36.4 Å². The quantitative estimate of drug-likeness (QED) is 0.622. The van der Waals surface area contributed by atoms with E-state index in [0.29, 0.717) is 37.6 Å². The maximum absolute atomic E-state index is 13.0. The molecule has 2 heterocycles. The number of benzene rings is 2. The molecule has 4 rings (SSSR count). The van der Waals surface area contributed by atoms with E-state index in [9.17, 15) is 22.8 Å². The van der Waals surface area contributed by atoms with Gasteiger partial charge in [-0.3, -0.25) is 9.59 Å². The van der Waals surface area contributed by atoms with E-state index < -0.39 is 11.7 Å². The highest BCUT2D eigenvalue weighted by Crippen LogP contribution is 2.31. The number of alkyl halides is 3. The molecule has 166 valence electrons. The topological polar surface area (TPSA) is 58.4 Å². The zero-order valence-corrected chi connectivity index (χ0v) is 17.1. The number of piperazine rings is 1. The third kappa shape index (κ3) is 4.82. The lowest BCUT2D eigenvalue weighted by Crippen LogP contribution is -2.50. The average Bonchev–Trinajstić information content (AvgIpc) is 2.81. The Morgan fingerprint density at radius 3 is 2.31 bits per heavy atom. The first-order valence-corrected chi connectivity index (χ1v) is 10.1. The summed E-state index contributed by atoms with van der Waals surface area (Å²) in [5.41, 5.74) is 0.828. The predicted octanol–water partition coefficient (Wildman–Crippen LogP) is 3.28. The molecule has 6 nitrogen and oxygen atoms in total. The molecule has 32 heavy (non-hydrogen) atoms. The molecule has 0 aliphatic carbocycles. The first kappa shape index (κ1) is 21.6. The van der Waals surface area contributed by atoms with Crippen molar-refractivity contribution in [1.82, 2.24) is 14.7 Å². The van der Waals surface area contributed by atoms with Crippen molar-refractivity contribution in [3.05, 3.63) is 82.6 Å². The van der Waals surface area contributed by atoms with E-state index in [4.69, 9.17) is 0 Å². The number of amides is 1. The number of rotatable bonds is 4. The summed E-state index contributed by atoms with van der Waals surface area (Å²) in [5, 5.41) is 4.31. The van der Waals surface area contributed by atoms with Gasteiger partial charge in [0.15, 0.2) is 0 Å². The molecule has 1 aliphatic heterocycles. The van der Waals surface area contributed by atoms with Crippen LogP contribution in [0.1, 0.15) is 5.56 Å². The molecule has 1 saturated heterocycles. The fraction of sp³-hybridized carbons (Fsp3) is 0.261. The highest BCUT2D eigenvalue weighted by Gasteiger charge is 2.31. The normalized spacial score (nSPS) is 14.5. The van der Waals surface area contributed by atoms with Crippen molar-refractivity contribution < 1.29 is 18.0 Å². The molecule has 0 atom stereocenters. The molecule has 9 heteroatoms. The van der Waals surface area contributed by atoms with Crippen molar-refractivity contribution in [3.63, 3.8) is 0 Å². The minimum Gasteiger partial charge on any atom is -0.368 e. The number of halogens is 3. The summed E-state index contributed by atoms with van der Waals surface area (Å²) in [7, 11) is 0. The molecule has 1 amide bonds. The number of nitrogens with zero attached hydrogens (tertiary/aromatic N) is 4. The lowest BCUT2D eigenvalue weighted by Gasteiger charge is -2.36. The van der Waals surface area contributed by atoms with Crippen LogP contribution in [0.15, 0.2) is 71.5 Å². The minimum absolute atomic E-state index is 0.191. The smallest absolute Gasteiger partial charge is 0.368 e. The molecule has 0 spiro atoms. The Balaban J connectivity index is 1.41. The van der Waals surface area contributed by atoms with Crippen LogP contribution in [0.5, 0.6) is 0 Å². The molecule has 1 aromatic heterocycles. The van der Waals surface area contributed by atoms with Gasteiger partial charge in [0, 0.05) is 43.5 Å². The number of aromatic nitrogens is 2. The summed E-state index contributed by atoms with van der Waals surface area (Å²) in [6, 6.07) is 17.5. The standard InChI is InChI=1S/C23H21F3N4O2/c24-23(25,26)18-7-4-8-19(15-18)28-11-13-29(14-12-28)22(32)16-30-21(31)10-9-20(27-30)17-5-2-1-3-6-17/h1-10,15H,11-14,16H2. The zero-order chi connectivity index (χ0) is 22.7. The van der Waals surface area contributed by atoms with Gasteiger partial charge in [0.25, 0.3) is 5.56 Å². The van der Waals surface area contributed by atoms with Crippen molar-refractivity contribution >= 4 is 11.6 Å². The number of carbonyl (C=O) groups excluding carboxylic acids is 1. The van der Waals surface area contributed by atoms with Crippen LogP contribution < -0.4 is 10.5 Å². The Kier molecular flexibility index (Phi) is 5.98. The molecule has 3 aromatic rings. The summed E-state index contributed by atoms with van der Waals surface area (Å²) in [5.74, 6) is -0.256. The summed E-state index contributed by atoms with van der Waals surface area (Å²) < 4.78 is 40.1. The van der Waals surface area contributed by atoms with E-state index in [2.05, 4.69) is 5.10 Å². The first-order valence-electron chi connectivity index (χ1n) is 10.1. The second-order valence-corrected chi connectivity index (χ2v) is 7.50. The Morgan fingerprint density at radius 2 is 1.62 bits per heavy atom. The van der Waals surface area contributed by atoms with Gasteiger partial charge in [0.05, 0.1) is 11.3 Å². The van der Waals surface area contributed by atoms with Crippen LogP contribution in [0.25, 0.3) is 11.3 Å². The molecule has 0 radical (unpaired) electrons. The lowest BCUT2D eigenvalue weighted by atomic mass is 10.1. The number of hydrogen-bond acceptors (Lipinski definition) is 4. The second kappa shape index (κ2) is 8.86. The van der Waals surface area contributed by atoms with E-state index in [-0.39, 0.29) is 18.0 Å². The van der Waals surface area contributed by atoms with Crippen LogP contribution in [0.3, 0.4) is 0 Å². The highest BCUT2D eigenvalue weighted by molar-refractivity contribution is 5.76. The van der Waals surface area contributed by atoms with E-state index in [1.807, 2.05) is 35.2 Å². The van der Waals surface area contributed by atoms with Gasteiger partial charge in [0.2, 0.25) is 5.91 Å². The number of anilines is 1. The van der Waals surface area contributed by atoms with Crippen molar-refractivity contribution in [2.45, 2.75) is 12.7 Å². The van der Waals surface area contributed by atoms with Crippen LogP contribution in [0.4, 0.5) is 18.9 Å². The van der Waals surface area contributed by atoms with Crippen molar-refractivity contribution in [2.75, 3.05) is 31.1 Å². The summed E-state index contributed by atoms with van der Waals surface area (Å²) in [6.45, 7) is 1.31. The largest absolute Gasteiger partial charge is 0.416 e. The van der Waals surface area contributed by atoms with Crippen molar-refractivity contribution in [2.24, 2.45) is 0 Å². The van der Waals surface area contributed by atoms with Crippen molar-refractivity contribution in [1.29, 1.82) is 0 Å². The Labute approximate surface area is 182 Å². The molecule has 1 aliphatic rings. The third-order valence-electron chi connectivity index (χ3n) is 5.39. The highest BCUT2D eigenvalue weighted by atomic mass is 19.4. The van der Waals surface area contributed by atoms with Gasteiger partial charge in [-0.2, -0.15) is 18.3 Å². The van der Waals surface area contributed by atoms with E-state index >= 15 is 0 Å². The SMILES string of the molecule is O=C(Cn1nc(-c2ccccc2)ccc1=O)N1CCN(c2cccc(C(F)(F)F)c2)CC1. The van der Waals surface area contributed by atoms with Crippen LogP contribution in [0, 0.1) is 0 Å². The van der Waals surface area contributed by atoms with Crippen LogP contribution in [0.2, 0.25) is 0 Å². The molecule has 0 bridgehead atoms. The minimum atomic E-state index is -4.40. The van der Waals surface area contributed by atoms with Crippen LogP contribution in [-0.4, -0.2) is 46.8 Å². The van der Waals surface area contributed by atoms with Crippen LogP contribution in [-0.2, 0) is 17.5 Å². The number of hydrogen-bond donors (Lipinski definition) is 0. The summed E-state index contributed by atoms with van der Waals surface area (Å²) in [6.07, 6.45) is -4.40. The second-order valence-electron chi connectivity index (χ2n) is 7.50. The van der Waals surface area contributed by atoms with Gasteiger partial charge in [-0.05, 0) is 24.3 Å². The monoisotopic (exact) mass is 442 g/mol. The maximum Gasteiger partial charge on any atom is 0.416 e. The predicted molar refractivity (Wildman–Crippen MR) is 114 cm³/mol. The number of carbonyl (C=O) groups is 1. The van der Waals surface area contributed by atoms with Crippen LogP contribution >= 0.6 is 0 Å². The molecule has 0 N–H and O–H groups in total. The van der Waals surface area contributed by atoms with E-state index in [1.165, 1.54) is 12.1 Å². The molecule has 0 saturated carbocycles. The van der Waals surface area contributed by atoms with Crippen molar-refractivity contribution in [3.8, 4) is 11.3 Å². The lowest BCUT2D eigenvalue weighted by molar-refractivity contribution is -0.137. The Hall–Kier alpha value is -3.62.